The van der Waals surface area contributed by atoms with E-state index >= 15 is 0 Å². The van der Waals surface area contributed by atoms with E-state index in [1.807, 2.05) is 13.8 Å². The zero-order valence-electron chi connectivity index (χ0n) is 13.6. The molecule has 2 unspecified atom stereocenters. The highest BCUT2D eigenvalue weighted by Crippen LogP contribution is 2.34. The van der Waals surface area contributed by atoms with Gasteiger partial charge in [-0.3, -0.25) is 4.79 Å². The van der Waals surface area contributed by atoms with Crippen molar-refractivity contribution in [1.82, 2.24) is 10.6 Å². The van der Waals surface area contributed by atoms with Gasteiger partial charge in [0.15, 0.2) is 0 Å². The van der Waals surface area contributed by atoms with E-state index in [0.29, 0.717) is 18.6 Å². The first-order chi connectivity index (χ1) is 10.3. The summed E-state index contributed by atoms with van der Waals surface area (Å²) < 4.78 is 3.86. The molecular formula is C17H28N2O2. The number of methoxy groups -OCH3 is 1. The molecule has 0 bridgehead atoms. The van der Waals surface area contributed by atoms with Crippen molar-refractivity contribution in [1.29, 1.82) is 0 Å². The van der Waals surface area contributed by atoms with Gasteiger partial charge in [0.1, 0.15) is 0 Å². The number of rotatable bonds is 1. The summed E-state index contributed by atoms with van der Waals surface area (Å²) in [5.41, 5.74) is 4.58. The van der Waals surface area contributed by atoms with E-state index in [2.05, 4.69) is 40.5 Å². The Morgan fingerprint density at radius 2 is 2.10 bits per heavy atom. The van der Waals surface area contributed by atoms with Crippen LogP contribution in [-0.4, -0.2) is 32.2 Å². The summed E-state index contributed by atoms with van der Waals surface area (Å²) in [5.74, 6) is 0. The van der Waals surface area contributed by atoms with Crippen LogP contribution in [-0.2, 0) is 9.53 Å². The zero-order valence-corrected chi connectivity index (χ0v) is 13.6. The Morgan fingerprint density at radius 3 is 2.76 bits per heavy atom. The van der Waals surface area contributed by atoms with Crippen molar-refractivity contribution in [3.8, 4) is 0 Å². The molecule has 2 atom stereocenters. The maximum absolute atomic E-state index is 8.95. The predicted octanol–water partition coefficient (Wildman–Crippen LogP) is 2.69. The second kappa shape index (κ2) is 9.40. The third-order valence-corrected chi connectivity index (χ3v) is 3.77. The van der Waals surface area contributed by atoms with Gasteiger partial charge in [-0.15, -0.1) is 0 Å². The van der Waals surface area contributed by atoms with E-state index in [4.69, 9.17) is 4.79 Å². The minimum atomic E-state index is 0.375. The minimum absolute atomic E-state index is 0.375. The SMILES string of the molecule is CC.CC1NCCC2=C1NC1CCC=CC=C21.COC=O. The van der Waals surface area contributed by atoms with Crippen LogP contribution in [0, 0.1) is 0 Å². The molecule has 3 aliphatic rings. The predicted molar refractivity (Wildman–Crippen MR) is 86.9 cm³/mol. The highest BCUT2D eigenvalue weighted by molar-refractivity contribution is 5.49. The lowest BCUT2D eigenvalue weighted by atomic mass is 9.94. The summed E-state index contributed by atoms with van der Waals surface area (Å²) in [5, 5.41) is 7.21. The fourth-order valence-electron chi connectivity index (χ4n) is 2.87. The number of carbonyl (C=O) groups excluding carboxylic acids is 1. The van der Waals surface area contributed by atoms with E-state index in [0.717, 1.165) is 6.54 Å². The van der Waals surface area contributed by atoms with Gasteiger partial charge in [0.2, 0.25) is 0 Å². The van der Waals surface area contributed by atoms with E-state index in [1.165, 1.54) is 32.1 Å². The third kappa shape index (κ3) is 4.46. The lowest BCUT2D eigenvalue weighted by molar-refractivity contribution is -0.126. The van der Waals surface area contributed by atoms with E-state index < -0.39 is 0 Å². The Hall–Kier alpha value is -1.55. The number of allylic oxidation sites excluding steroid dienone is 3. The Labute approximate surface area is 128 Å². The van der Waals surface area contributed by atoms with Crippen LogP contribution >= 0.6 is 0 Å². The van der Waals surface area contributed by atoms with Gasteiger partial charge in [0, 0.05) is 11.7 Å². The Balaban J connectivity index is 0.000000322. The summed E-state index contributed by atoms with van der Waals surface area (Å²) in [4.78, 5) is 8.95. The average Bonchev–Trinajstić information content (AvgIpc) is 2.73. The Bertz CT molecular complexity index is 425. The molecule has 0 spiro atoms. The number of nitrogens with one attached hydrogen (secondary N) is 2. The smallest absolute Gasteiger partial charge is 0.292 e. The second-order valence-corrected chi connectivity index (χ2v) is 4.97. The van der Waals surface area contributed by atoms with Crippen LogP contribution in [0.1, 0.15) is 40.0 Å². The van der Waals surface area contributed by atoms with Crippen molar-refractivity contribution in [2.24, 2.45) is 0 Å². The maximum atomic E-state index is 8.95. The van der Waals surface area contributed by atoms with Crippen LogP contribution in [0.25, 0.3) is 0 Å². The van der Waals surface area contributed by atoms with Gasteiger partial charge in [-0.1, -0.05) is 32.1 Å². The molecule has 21 heavy (non-hydrogen) atoms. The minimum Gasteiger partial charge on any atom is -0.471 e. The normalized spacial score (nSPS) is 25.6. The maximum Gasteiger partial charge on any atom is 0.292 e. The largest absolute Gasteiger partial charge is 0.471 e. The van der Waals surface area contributed by atoms with Gasteiger partial charge in [-0.25, -0.2) is 0 Å². The van der Waals surface area contributed by atoms with Crippen LogP contribution < -0.4 is 10.6 Å². The molecule has 4 heteroatoms. The van der Waals surface area contributed by atoms with Gasteiger partial charge in [0.25, 0.3) is 6.47 Å². The molecule has 2 N–H and O–H groups in total. The van der Waals surface area contributed by atoms with Crippen molar-refractivity contribution in [3.63, 3.8) is 0 Å². The molecule has 3 rings (SSSR count). The lowest BCUT2D eigenvalue weighted by Gasteiger charge is -2.22. The molecule has 118 valence electrons. The second-order valence-electron chi connectivity index (χ2n) is 4.97. The monoisotopic (exact) mass is 292 g/mol. The first-order valence-corrected chi connectivity index (χ1v) is 7.84. The summed E-state index contributed by atoms with van der Waals surface area (Å²) in [6.45, 7) is 7.75. The highest BCUT2D eigenvalue weighted by Gasteiger charge is 2.32. The first-order valence-electron chi connectivity index (χ1n) is 7.84. The van der Waals surface area contributed by atoms with Gasteiger partial charge in [-0.05, 0) is 43.9 Å². The van der Waals surface area contributed by atoms with Gasteiger partial charge >= 0.3 is 0 Å². The molecule has 0 amide bonds. The fraction of sp³-hybridized carbons (Fsp3) is 0.588. The van der Waals surface area contributed by atoms with Gasteiger partial charge in [-0.2, -0.15) is 0 Å². The van der Waals surface area contributed by atoms with Gasteiger partial charge < -0.3 is 15.4 Å². The molecule has 1 aliphatic carbocycles. The third-order valence-electron chi connectivity index (χ3n) is 3.77. The van der Waals surface area contributed by atoms with Crippen LogP contribution in [0.4, 0.5) is 0 Å². The van der Waals surface area contributed by atoms with Crippen LogP contribution in [0.3, 0.4) is 0 Å². The molecular weight excluding hydrogens is 264 g/mol. The number of hydrogen-bond acceptors (Lipinski definition) is 4. The van der Waals surface area contributed by atoms with Crippen LogP contribution in [0.2, 0.25) is 0 Å². The van der Waals surface area contributed by atoms with E-state index in [-0.39, 0.29) is 0 Å². The fourth-order valence-corrected chi connectivity index (χ4v) is 2.87. The summed E-state index contributed by atoms with van der Waals surface area (Å²) in [6.07, 6.45) is 10.4. The quantitative estimate of drug-likeness (QED) is 0.730. The molecule has 0 fully saturated rings. The first kappa shape index (κ1) is 17.5. The number of fused-ring (bicyclic) bond motifs is 2. The van der Waals surface area contributed by atoms with Crippen molar-refractivity contribution >= 4 is 6.47 Å². The molecule has 2 heterocycles. The van der Waals surface area contributed by atoms with E-state index in [9.17, 15) is 0 Å². The van der Waals surface area contributed by atoms with Crippen molar-refractivity contribution < 1.29 is 9.53 Å². The number of ether oxygens (including phenoxy) is 1. The van der Waals surface area contributed by atoms with Crippen molar-refractivity contribution in [2.45, 2.75) is 52.1 Å². The summed E-state index contributed by atoms with van der Waals surface area (Å²) >= 11 is 0. The number of hydrogen-bond donors (Lipinski definition) is 2. The topological polar surface area (TPSA) is 50.4 Å². The summed E-state index contributed by atoms with van der Waals surface area (Å²) in [6, 6.07) is 1.08. The Morgan fingerprint density at radius 1 is 1.38 bits per heavy atom. The molecule has 0 saturated heterocycles. The Kier molecular flexibility index (Phi) is 7.83. The summed E-state index contributed by atoms with van der Waals surface area (Å²) in [7, 11) is 1.31. The van der Waals surface area contributed by atoms with Gasteiger partial charge in [0.05, 0.1) is 13.2 Å². The zero-order chi connectivity index (χ0) is 15.7. The molecule has 4 nitrogen and oxygen atoms in total. The van der Waals surface area contributed by atoms with Crippen LogP contribution in [0.5, 0.6) is 0 Å². The van der Waals surface area contributed by atoms with Crippen molar-refractivity contribution in [3.05, 3.63) is 35.1 Å². The molecule has 0 saturated carbocycles. The average molecular weight is 292 g/mol. The van der Waals surface area contributed by atoms with E-state index in [1.54, 1.807) is 11.1 Å². The molecule has 0 aromatic rings. The molecule has 0 aromatic heterocycles. The van der Waals surface area contributed by atoms with Crippen molar-refractivity contribution in [2.75, 3.05) is 13.7 Å². The van der Waals surface area contributed by atoms with Crippen LogP contribution in [0.15, 0.2) is 35.1 Å². The standard InChI is InChI=1S/C13H18N2.C2H4O2.C2H6/c1-9-13-11(7-8-14-9)10-5-3-2-4-6-12(10)15-13;1-4-2-3;1-2/h2-3,5,9,12,14-15H,4,6-8H2,1H3;2H,1H3;1-2H3. The number of carbonyl (C=O) groups is 1. The lowest BCUT2D eigenvalue weighted by Crippen LogP contribution is -2.38. The molecule has 2 aliphatic heterocycles. The molecule has 0 aromatic carbocycles. The molecule has 0 radical (unpaired) electrons. The highest BCUT2D eigenvalue weighted by atomic mass is 16.5.